The first-order valence-electron chi connectivity index (χ1n) is 6.85. The van der Waals surface area contributed by atoms with Crippen molar-refractivity contribution in [2.75, 3.05) is 39.9 Å². The normalized spacial score (nSPS) is 27.6. The average Bonchev–Trinajstić information content (AvgIpc) is 2.57. The van der Waals surface area contributed by atoms with Crippen LogP contribution in [-0.4, -0.2) is 50.3 Å². The van der Waals surface area contributed by atoms with E-state index >= 15 is 0 Å². The van der Waals surface area contributed by atoms with E-state index in [0.717, 1.165) is 32.8 Å². The van der Waals surface area contributed by atoms with Gasteiger partial charge in [0.15, 0.2) is 0 Å². The van der Waals surface area contributed by atoms with Gasteiger partial charge in [0.1, 0.15) is 0 Å². The number of morpholine rings is 1. The standard InChI is InChI=1S/C13H26N2O/c1-14-12-13(6-4-2-3-5-7-13)15-8-10-16-11-9-15/h14H,2-12H2,1H3. The van der Waals surface area contributed by atoms with Gasteiger partial charge in [0.2, 0.25) is 0 Å². The lowest BCUT2D eigenvalue weighted by Gasteiger charge is -2.45. The van der Waals surface area contributed by atoms with Gasteiger partial charge >= 0.3 is 0 Å². The average molecular weight is 226 g/mol. The van der Waals surface area contributed by atoms with Gasteiger partial charge in [-0.1, -0.05) is 25.7 Å². The highest BCUT2D eigenvalue weighted by atomic mass is 16.5. The Morgan fingerprint density at radius 1 is 1.06 bits per heavy atom. The molecule has 1 aliphatic heterocycles. The van der Waals surface area contributed by atoms with Crippen molar-refractivity contribution in [1.29, 1.82) is 0 Å². The maximum atomic E-state index is 5.48. The van der Waals surface area contributed by atoms with E-state index in [1.54, 1.807) is 0 Å². The summed E-state index contributed by atoms with van der Waals surface area (Å²) in [7, 11) is 2.09. The predicted octanol–water partition coefficient (Wildman–Crippen LogP) is 1.63. The van der Waals surface area contributed by atoms with Crippen molar-refractivity contribution in [3.8, 4) is 0 Å². The molecule has 3 nitrogen and oxygen atoms in total. The fourth-order valence-electron chi connectivity index (χ4n) is 3.36. The summed E-state index contributed by atoms with van der Waals surface area (Å²) in [4.78, 5) is 2.69. The van der Waals surface area contributed by atoms with E-state index in [0.29, 0.717) is 5.54 Å². The molecule has 3 heteroatoms. The van der Waals surface area contributed by atoms with Crippen LogP contribution in [0.15, 0.2) is 0 Å². The van der Waals surface area contributed by atoms with Gasteiger partial charge in [-0.2, -0.15) is 0 Å². The molecule has 2 fully saturated rings. The molecule has 1 saturated carbocycles. The Hall–Kier alpha value is -0.120. The third kappa shape index (κ3) is 2.76. The molecule has 1 heterocycles. The van der Waals surface area contributed by atoms with E-state index in [9.17, 15) is 0 Å². The van der Waals surface area contributed by atoms with Crippen molar-refractivity contribution in [3.63, 3.8) is 0 Å². The highest BCUT2D eigenvalue weighted by molar-refractivity contribution is 4.94. The topological polar surface area (TPSA) is 24.5 Å². The molecular formula is C13H26N2O. The first-order chi connectivity index (χ1) is 7.87. The second kappa shape index (κ2) is 5.99. The summed E-state index contributed by atoms with van der Waals surface area (Å²) in [6, 6.07) is 0. The summed E-state index contributed by atoms with van der Waals surface area (Å²) in [5.41, 5.74) is 0.426. The highest BCUT2D eigenvalue weighted by Crippen LogP contribution is 2.32. The Morgan fingerprint density at radius 3 is 2.25 bits per heavy atom. The monoisotopic (exact) mass is 226 g/mol. The molecule has 1 saturated heterocycles. The van der Waals surface area contributed by atoms with Crippen molar-refractivity contribution >= 4 is 0 Å². The number of likely N-dealkylation sites (N-methyl/N-ethyl adjacent to an activating group) is 1. The molecule has 0 radical (unpaired) electrons. The van der Waals surface area contributed by atoms with Crippen molar-refractivity contribution in [2.45, 2.75) is 44.1 Å². The Labute approximate surface area is 99.5 Å². The molecule has 2 aliphatic rings. The third-order valence-electron chi connectivity index (χ3n) is 4.22. The number of hydrogen-bond acceptors (Lipinski definition) is 3. The van der Waals surface area contributed by atoms with E-state index in [-0.39, 0.29) is 0 Å². The van der Waals surface area contributed by atoms with Crippen LogP contribution < -0.4 is 5.32 Å². The van der Waals surface area contributed by atoms with E-state index in [1.165, 1.54) is 38.5 Å². The van der Waals surface area contributed by atoms with Crippen LogP contribution in [-0.2, 0) is 4.74 Å². The molecule has 2 rings (SSSR count). The smallest absolute Gasteiger partial charge is 0.0594 e. The number of nitrogens with zero attached hydrogens (tertiary/aromatic N) is 1. The van der Waals surface area contributed by atoms with Gasteiger partial charge in [0, 0.05) is 25.2 Å². The van der Waals surface area contributed by atoms with Crippen LogP contribution in [0.25, 0.3) is 0 Å². The Morgan fingerprint density at radius 2 is 1.69 bits per heavy atom. The summed E-state index contributed by atoms with van der Waals surface area (Å²) in [5.74, 6) is 0. The second-order valence-electron chi connectivity index (χ2n) is 5.27. The summed E-state index contributed by atoms with van der Waals surface area (Å²) in [5, 5.41) is 3.42. The van der Waals surface area contributed by atoms with Crippen molar-refractivity contribution in [3.05, 3.63) is 0 Å². The molecule has 94 valence electrons. The van der Waals surface area contributed by atoms with Gasteiger partial charge in [0.25, 0.3) is 0 Å². The van der Waals surface area contributed by atoms with Crippen LogP contribution in [0.5, 0.6) is 0 Å². The van der Waals surface area contributed by atoms with Gasteiger partial charge in [-0.3, -0.25) is 4.90 Å². The fraction of sp³-hybridized carbons (Fsp3) is 1.00. The largest absolute Gasteiger partial charge is 0.379 e. The summed E-state index contributed by atoms with van der Waals surface area (Å²) in [6.07, 6.45) is 8.39. The molecule has 1 aliphatic carbocycles. The van der Waals surface area contributed by atoms with Gasteiger partial charge in [-0.05, 0) is 19.9 Å². The van der Waals surface area contributed by atoms with Gasteiger partial charge in [-0.15, -0.1) is 0 Å². The quantitative estimate of drug-likeness (QED) is 0.740. The number of nitrogens with one attached hydrogen (secondary N) is 1. The van der Waals surface area contributed by atoms with E-state index < -0.39 is 0 Å². The zero-order chi connectivity index (χ0) is 11.3. The molecule has 0 bridgehead atoms. The minimum atomic E-state index is 0.426. The highest BCUT2D eigenvalue weighted by Gasteiger charge is 2.36. The third-order valence-corrected chi connectivity index (χ3v) is 4.22. The Kier molecular flexibility index (Phi) is 4.62. The van der Waals surface area contributed by atoms with Crippen LogP contribution in [0.1, 0.15) is 38.5 Å². The zero-order valence-corrected chi connectivity index (χ0v) is 10.6. The van der Waals surface area contributed by atoms with Gasteiger partial charge in [0.05, 0.1) is 13.2 Å². The molecular weight excluding hydrogens is 200 g/mol. The molecule has 1 N–H and O–H groups in total. The lowest BCUT2D eigenvalue weighted by atomic mass is 9.87. The maximum Gasteiger partial charge on any atom is 0.0594 e. The van der Waals surface area contributed by atoms with E-state index in [2.05, 4.69) is 17.3 Å². The predicted molar refractivity (Wildman–Crippen MR) is 66.8 cm³/mol. The van der Waals surface area contributed by atoms with Gasteiger partial charge < -0.3 is 10.1 Å². The fourth-order valence-corrected chi connectivity index (χ4v) is 3.36. The molecule has 16 heavy (non-hydrogen) atoms. The lowest BCUT2D eigenvalue weighted by Crippen LogP contribution is -2.57. The summed E-state index contributed by atoms with van der Waals surface area (Å²) in [6.45, 7) is 5.24. The Balaban J connectivity index is 2.04. The van der Waals surface area contributed by atoms with Crippen LogP contribution in [0.4, 0.5) is 0 Å². The minimum Gasteiger partial charge on any atom is -0.379 e. The molecule has 0 aromatic carbocycles. The zero-order valence-electron chi connectivity index (χ0n) is 10.6. The van der Waals surface area contributed by atoms with Crippen LogP contribution in [0, 0.1) is 0 Å². The maximum absolute atomic E-state index is 5.48. The molecule has 0 aromatic heterocycles. The Bertz CT molecular complexity index is 194. The molecule has 0 unspecified atom stereocenters. The molecule has 0 spiro atoms. The summed E-state index contributed by atoms with van der Waals surface area (Å²) >= 11 is 0. The SMILES string of the molecule is CNCC1(N2CCOCC2)CCCCCC1. The number of rotatable bonds is 3. The van der Waals surface area contributed by atoms with Gasteiger partial charge in [-0.25, -0.2) is 0 Å². The first-order valence-corrected chi connectivity index (χ1v) is 6.85. The number of ether oxygens (including phenoxy) is 1. The summed E-state index contributed by atoms with van der Waals surface area (Å²) < 4.78 is 5.48. The minimum absolute atomic E-state index is 0.426. The second-order valence-corrected chi connectivity index (χ2v) is 5.27. The van der Waals surface area contributed by atoms with Crippen molar-refractivity contribution in [1.82, 2.24) is 10.2 Å². The lowest BCUT2D eigenvalue weighted by molar-refractivity contribution is -0.0280. The van der Waals surface area contributed by atoms with Crippen molar-refractivity contribution < 1.29 is 4.74 Å². The van der Waals surface area contributed by atoms with Crippen LogP contribution >= 0.6 is 0 Å². The molecule has 0 atom stereocenters. The van der Waals surface area contributed by atoms with E-state index in [4.69, 9.17) is 4.74 Å². The molecule has 0 amide bonds. The van der Waals surface area contributed by atoms with E-state index in [1.807, 2.05) is 0 Å². The van der Waals surface area contributed by atoms with Crippen LogP contribution in [0.3, 0.4) is 0 Å². The number of hydrogen-bond donors (Lipinski definition) is 1. The molecule has 0 aromatic rings. The van der Waals surface area contributed by atoms with Crippen molar-refractivity contribution in [2.24, 2.45) is 0 Å². The van der Waals surface area contributed by atoms with Crippen LogP contribution in [0.2, 0.25) is 0 Å². The first kappa shape index (κ1) is 12.3.